The van der Waals surface area contributed by atoms with Crippen LogP contribution in [0.15, 0.2) is 48.5 Å². The van der Waals surface area contributed by atoms with E-state index in [1.165, 1.54) is 0 Å². The van der Waals surface area contributed by atoms with E-state index in [1.807, 2.05) is 55.5 Å². The van der Waals surface area contributed by atoms with Crippen LogP contribution in [0.2, 0.25) is 0 Å². The average molecular weight is 399 g/mol. The molecule has 0 fully saturated rings. The number of hydrogen-bond donors (Lipinski definition) is 4. The van der Waals surface area contributed by atoms with Crippen molar-refractivity contribution < 1.29 is 19.7 Å². The first kappa shape index (κ1) is 21.3. The number of nitrogens with one attached hydrogen (secondary N) is 1. The quantitative estimate of drug-likeness (QED) is 0.247. The molecular weight excluding hydrogens is 368 g/mol. The topological polar surface area (TPSA) is 105 Å². The van der Waals surface area contributed by atoms with Crippen molar-refractivity contribution in [3.63, 3.8) is 0 Å². The number of nitrogen functional groups attached to an aromatic ring is 1. The molecule has 0 aromatic heterocycles. The van der Waals surface area contributed by atoms with Gasteiger partial charge in [0.15, 0.2) is 5.79 Å². The number of benzene rings is 2. The van der Waals surface area contributed by atoms with Crippen LogP contribution in [0.3, 0.4) is 0 Å². The molecule has 1 aliphatic carbocycles. The van der Waals surface area contributed by atoms with Gasteiger partial charge in [-0.2, -0.15) is 0 Å². The minimum Gasteiger partial charge on any atom is -0.466 e. The number of rotatable bonds is 7. The number of ether oxygens (including phenoxy) is 1. The molecule has 2 aromatic rings. The minimum absolute atomic E-state index is 0.139. The van der Waals surface area contributed by atoms with Gasteiger partial charge in [0, 0.05) is 18.0 Å². The van der Waals surface area contributed by atoms with E-state index < -0.39 is 17.6 Å². The van der Waals surface area contributed by atoms with Crippen molar-refractivity contribution in [1.82, 2.24) is 0 Å². The summed E-state index contributed by atoms with van der Waals surface area (Å²) in [5.41, 5.74) is 6.18. The Morgan fingerprint density at radius 1 is 1.24 bits per heavy atom. The third-order valence-electron chi connectivity index (χ3n) is 5.95. The highest BCUT2D eigenvalue weighted by Crippen LogP contribution is 2.46. The van der Waals surface area contributed by atoms with Crippen LogP contribution in [0.1, 0.15) is 42.9 Å². The molecule has 0 heterocycles. The van der Waals surface area contributed by atoms with Gasteiger partial charge in [0.25, 0.3) is 0 Å². The van der Waals surface area contributed by atoms with Gasteiger partial charge >= 0.3 is 5.97 Å². The Morgan fingerprint density at radius 2 is 2.00 bits per heavy atom. The van der Waals surface area contributed by atoms with Crippen LogP contribution in [0.5, 0.6) is 0 Å². The highest BCUT2D eigenvalue weighted by Gasteiger charge is 2.47. The van der Waals surface area contributed by atoms with E-state index in [2.05, 4.69) is 5.43 Å². The summed E-state index contributed by atoms with van der Waals surface area (Å²) >= 11 is 0. The van der Waals surface area contributed by atoms with E-state index in [1.54, 1.807) is 6.92 Å². The lowest BCUT2D eigenvalue weighted by molar-refractivity contribution is -0.199. The van der Waals surface area contributed by atoms with Crippen molar-refractivity contribution in [2.45, 2.75) is 44.8 Å². The lowest BCUT2D eigenvalue weighted by Gasteiger charge is -2.43. The molecular formula is C23H30N2O4. The van der Waals surface area contributed by atoms with E-state index in [4.69, 9.17) is 10.6 Å². The van der Waals surface area contributed by atoms with Crippen LogP contribution >= 0.6 is 0 Å². The molecule has 3 atom stereocenters. The van der Waals surface area contributed by atoms with Gasteiger partial charge in [-0.1, -0.05) is 43.3 Å². The molecule has 0 aliphatic heterocycles. The number of hydrazine groups is 1. The number of carbonyl (C=O) groups is 1. The van der Waals surface area contributed by atoms with Crippen LogP contribution in [-0.2, 0) is 22.4 Å². The zero-order valence-corrected chi connectivity index (χ0v) is 17.0. The van der Waals surface area contributed by atoms with Gasteiger partial charge in [-0.3, -0.25) is 10.6 Å². The summed E-state index contributed by atoms with van der Waals surface area (Å²) in [6.45, 7) is 4.00. The van der Waals surface area contributed by atoms with Crippen molar-refractivity contribution in [3.05, 3.63) is 65.2 Å². The van der Waals surface area contributed by atoms with Crippen LogP contribution in [0, 0.1) is 11.8 Å². The van der Waals surface area contributed by atoms with E-state index in [9.17, 15) is 15.0 Å². The normalized spacial score (nSPS) is 21.3. The number of aryl methyl sites for hydroxylation is 1. The lowest BCUT2D eigenvalue weighted by Crippen LogP contribution is -2.46. The molecule has 0 bridgehead atoms. The van der Waals surface area contributed by atoms with E-state index in [0.717, 1.165) is 22.4 Å². The van der Waals surface area contributed by atoms with Gasteiger partial charge in [-0.25, -0.2) is 0 Å². The Bertz CT molecular complexity index is 852. The number of hydrogen-bond acceptors (Lipinski definition) is 6. The van der Waals surface area contributed by atoms with Crippen molar-refractivity contribution >= 4 is 11.7 Å². The molecule has 5 N–H and O–H groups in total. The van der Waals surface area contributed by atoms with Gasteiger partial charge in [-0.15, -0.1) is 0 Å². The molecule has 2 aromatic carbocycles. The number of aliphatic hydroxyl groups is 2. The Morgan fingerprint density at radius 3 is 2.72 bits per heavy atom. The Labute approximate surface area is 171 Å². The molecule has 1 aliphatic rings. The SMILES string of the molecule is CCOC(=O)C1Cc2ccccc2C(C(O)(O)CCc2cccc(NN)c2)C1C. The summed E-state index contributed by atoms with van der Waals surface area (Å²) in [6, 6.07) is 15.2. The number of anilines is 1. The molecule has 0 spiro atoms. The molecule has 29 heavy (non-hydrogen) atoms. The maximum absolute atomic E-state index is 12.5. The third-order valence-corrected chi connectivity index (χ3v) is 5.95. The van der Waals surface area contributed by atoms with E-state index in [0.29, 0.717) is 19.4 Å². The molecule has 156 valence electrons. The zero-order valence-electron chi connectivity index (χ0n) is 17.0. The molecule has 0 saturated heterocycles. The first-order chi connectivity index (χ1) is 13.9. The summed E-state index contributed by atoms with van der Waals surface area (Å²) in [5, 5.41) is 22.3. The van der Waals surface area contributed by atoms with Crippen LogP contribution in [0.25, 0.3) is 0 Å². The maximum Gasteiger partial charge on any atom is 0.309 e. The molecule has 0 radical (unpaired) electrons. The Balaban J connectivity index is 1.87. The van der Waals surface area contributed by atoms with Crippen molar-refractivity contribution in [1.29, 1.82) is 0 Å². The molecule has 3 rings (SSSR count). The fourth-order valence-corrected chi connectivity index (χ4v) is 4.48. The fraction of sp³-hybridized carbons (Fsp3) is 0.435. The predicted molar refractivity (Wildman–Crippen MR) is 112 cm³/mol. The zero-order chi connectivity index (χ0) is 21.0. The lowest BCUT2D eigenvalue weighted by atomic mass is 9.66. The Hall–Kier alpha value is -2.41. The number of esters is 1. The number of fused-ring (bicyclic) bond motifs is 1. The van der Waals surface area contributed by atoms with E-state index in [-0.39, 0.29) is 18.3 Å². The predicted octanol–water partition coefficient (Wildman–Crippen LogP) is 2.74. The second kappa shape index (κ2) is 8.95. The molecule has 0 saturated carbocycles. The summed E-state index contributed by atoms with van der Waals surface area (Å²) < 4.78 is 5.26. The summed E-state index contributed by atoms with van der Waals surface area (Å²) in [6.07, 6.45) is 1.16. The summed E-state index contributed by atoms with van der Waals surface area (Å²) in [7, 11) is 0. The molecule has 6 heteroatoms. The van der Waals surface area contributed by atoms with Crippen molar-refractivity contribution in [3.8, 4) is 0 Å². The maximum atomic E-state index is 12.5. The highest BCUT2D eigenvalue weighted by molar-refractivity contribution is 5.74. The third kappa shape index (κ3) is 4.61. The first-order valence-electron chi connectivity index (χ1n) is 10.1. The molecule has 6 nitrogen and oxygen atoms in total. The fourth-order valence-electron chi connectivity index (χ4n) is 4.48. The summed E-state index contributed by atoms with van der Waals surface area (Å²) in [5.74, 6) is 1.96. The van der Waals surface area contributed by atoms with Crippen LogP contribution in [-0.4, -0.2) is 28.6 Å². The van der Waals surface area contributed by atoms with E-state index >= 15 is 0 Å². The van der Waals surface area contributed by atoms with Gasteiger partial charge in [0.2, 0.25) is 0 Å². The van der Waals surface area contributed by atoms with Gasteiger partial charge in [0.05, 0.1) is 12.5 Å². The van der Waals surface area contributed by atoms with Gasteiger partial charge in [0.1, 0.15) is 0 Å². The summed E-state index contributed by atoms with van der Waals surface area (Å²) in [4.78, 5) is 12.5. The molecule has 3 unspecified atom stereocenters. The standard InChI is InChI=1S/C23H30N2O4/c1-3-29-22(26)20-14-17-8-4-5-10-19(17)21(15(20)2)23(27,28)12-11-16-7-6-9-18(13-16)25-24/h4-10,13,15,20-21,25,27-28H,3,11-12,14,24H2,1-2H3. The minimum atomic E-state index is -1.97. The highest BCUT2D eigenvalue weighted by atomic mass is 16.5. The average Bonchev–Trinajstić information content (AvgIpc) is 2.72. The molecule has 0 amide bonds. The smallest absolute Gasteiger partial charge is 0.309 e. The van der Waals surface area contributed by atoms with Crippen molar-refractivity contribution in [2.75, 3.05) is 12.0 Å². The van der Waals surface area contributed by atoms with Crippen LogP contribution in [0.4, 0.5) is 5.69 Å². The second-order valence-electron chi connectivity index (χ2n) is 7.82. The number of carbonyl (C=O) groups excluding carboxylic acids is 1. The monoisotopic (exact) mass is 398 g/mol. The van der Waals surface area contributed by atoms with Crippen molar-refractivity contribution in [2.24, 2.45) is 17.7 Å². The second-order valence-corrected chi connectivity index (χ2v) is 7.82. The largest absolute Gasteiger partial charge is 0.466 e. The first-order valence-corrected chi connectivity index (χ1v) is 10.1. The van der Waals surface area contributed by atoms with Gasteiger partial charge in [-0.05, 0) is 54.5 Å². The van der Waals surface area contributed by atoms with Crippen LogP contribution < -0.4 is 11.3 Å². The Kier molecular flexibility index (Phi) is 6.57. The van der Waals surface area contributed by atoms with Gasteiger partial charge < -0.3 is 20.4 Å². The number of nitrogens with two attached hydrogens (primary N) is 1.